The Balaban J connectivity index is 1.57. The number of carbonyl (C=O) groups is 1. The van der Waals surface area contributed by atoms with Gasteiger partial charge in [-0.3, -0.25) is 4.79 Å². The van der Waals surface area contributed by atoms with Crippen molar-refractivity contribution in [1.82, 2.24) is 0 Å². The number of allylic oxidation sites excluding steroid dienone is 1. The SMILES string of the molecule is CCCCOc1ccccc1[C@H]1Nc2ccccc2NC2=C1C(=O)C[C@H](c1ccc(C)cc1)C2. The first-order valence-electron chi connectivity index (χ1n) is 12.3. The van der Waals surface area contributed by atoms with Gasteiger partial charge in [0, 0.05) is 23.3 Å². The summed E-state index contributed by atoms with van der Waals surface area (Å²) in [6.07, 6.45) is 3.39. The maximum atomic E-state index is 13.8. The monoisotopic (exact) mass is 452 g/mol. The molecule has 5 rings (SSSR count). The molecule has 1 aliphatic carbocycles. The second-order valence-electron chi connectivity index (χ2n) is 9.32. The van der Waals surface area contributed by atoms with Crippen LogP contribution in [0.5, 0.6) is 5.75 Å². The Morgan fingerprint density at radius 1 is 0.912 bits per heavy atom. The molecular weight excluding hydrogens is 420 g/mol. The number of anilines is 2. The van der Waals surface area contributed by atoms with Gasteiger partial charge in [-0.15, -0.1) is 0 Å². The molecule has 4 nitrogen and oxygen atoms in total. The minimum atomic E-state index is -0.268. The average molecular weight is 453 g/mol. The fourth-order valence-electron chi connectivity index (χ4n) is 4.98. The lowest BCUT2D eigenvalue weighted by molar-refractivity contribution is -0.116. The maximum absolute atomic E-state index is 13.8. The smallest absolute Gasteiger partial charge is 0.163 e. The highest BCUT2D eigenvalue weighted by Gasteiger charge is 2.37. The number of aryl methyl sites for hydroxylation is 1. The molecular formula is C30H32N2O2. The molecule has 2 N–H and O–H groups in total. The van der Waals surface area contributed by atoms with E-state index in [9.17, 15) is 4.79 Å². The Bertz CT molecular complexity index is 1210. The molecule has 0 radical (unpaired) electrons. The molecule has 2 atom stereocenters. The molecule has 0 saturated carbocycles. The van der Waals surface area contributed by atoms with E-state index in [0.29, 0.717) is 13.0 Å². The number of ketones is 1. The number of benzene rings is 3. The number of rotatable bonds is 6. The van der Waals surface area contributed by atoms with Gasteiger partial charge in [0.25, 0.3) is 0 Å². The van der Waals surface area contributed by atoms with Crippen molar-refractivity contribution in [2.45, 2.75) is 51.5 Å². The van der Waals surface area contributed by atoms with Gasteiger partial charge in [-0.05, 0) is 49.4 Å². The van der Waals surface area contributed by atoms with Crippen LogP contribution in [0.15, 0.2) is 84.1 Å². The molecule has 0 bridgehead atoms. The normalized spacial score (nSPS) is 19.4. The van der Waals surface area contributed by atoms with Gasteiger partial charge in [-0.2, -0.15) is 0 Å². The van der Waals surface area contributed by atoms with Crippen LogP contribution < -0.4 is 15.4 Å². The lowest BCUT2D eigenvalue weighted by Gasteiger charge is -2.30. The number of ether oxygens (including phenoxy) is 1. The van der Waals surface area contributed by atoms with Crippen LogP contribution in [0.1, 0.15) is 61.3 Å². The third-order valence-corrected chi connectivity index (χ3v) is 6.84. The summed E-state index contributed by atoms with van der Waals surface area (Å²) in [5, 5.41) is 7.31. The van der Waals surface area contributed by atoms with Gasteiger partial charge in [0.15, 0.2) is 5.78 Å². The van der Waals surface area contributed by atoms with Crippen LogP contribution in [0.4, 0.5) is 11.4 Å². The van der Waals surface area contributed by atoms with Crippen molar-refractivity contribution < 1.29 is 9.53 Å². The molecule has 1 heterocycles. The molecule has 2 aliphatic rings. The number of para-hydroxylation sites is 3. The molecule has 4 heteroatoms. The van der Waals surface area contributed by atoms with Gasteiger partial charge >= 0.3 is 0 Å². The Morgan fingerprint density at radius 3 is 2.44 bits per heavy atom. The van der Waals surface area contributed by atoms with E-state index in [-0.39, 0.29) is 17.7 Å². The van der Waals surface area contributed by atoms with Crippen molar-refractivity contribution in [3.05, 3.63) is 101 Å². The number of hydrogen-bond donors (Lipinski definition) is 2. The van der Waals surface area contributed by atoms with Gasteiger partial charge in [0.1, 0.15) is 5.75 Å². The molecule has 0 fully saturated rings. The number of nitrogens with one attached hydrogen (secondary N) is 2. The summed E-state index contributed by atoms with van der Waals surface area (Å²) < 4.78 is 6.18. The van der Waals surface area contributed by atoms with Crippen LogP contribution in [-0.4, -0.2) is 12.4 Å². The fourth-order valence-corrected chi connectivity index (χ4v) is 4.98. The van der Waals surface area contributed by atoms with Crippen molar-refractivity contribution in [3.63, 3.8) is 0 Å². The zero-order valence-electron chi connectivity index (χ0n) is 19.9. The first-order valence-corrected chi connectivity index (χ1v) is 12.3. The Morgan fingerprint density at radius 2 is 1.65 bits per heavy atom. The van der Waals surface area contributed by atoms with Crippen LogP contribution in [0.25, 0.3) is 0 Å². The summed E-state index contributed by atoms with van der Waals surface area (Å²) in [4.78, 5) is 13.8. The lowest BCUT2D eigenvalue weighted by Crippen LogP contribution is -2.27. The van der Waals surface area contributed by atoms with Gasteiger partial charge in [-0.1, -0.05) is 73.5 Å². The molecule has 0 aromatic heterocycles. The molecule has 0 amide bonds. The molecule has 34 heavy (non-hydrogen) atoms. The first kappa shape index (κ1) is 22.3. The van der Waals surface area contributed by atoms with Crippen molar-refractivity contribution >= 4 is 17.2 Å². The quantitative estimate of drug-likeness (QED) is 0.390. The van der Waals surface area contributed by atoms with Crippen molar-refractivity contribution in [2.75, 3.05) is 17.2 Å². The summed E-state index contributed by atoms with van der Waals surface area (Å²) >= 11 is 0. The lowest BCUT2D eigenvalue weighted by atomic mass is 9.78. The highest BCUT2D eigenvalue weighted by Crippen LogP contribution is 2.45. The molecule has 1 aliphatic heterocycles. The van der Waals surface area contributed by atoms with E-state index in [0.717, 1.165) is 53.2 Å². The number of carbonyl (C=O) groups excluding carboxylic acids is 1. The summed E-state index contributed by atoms with van der Waals surface area (Å²) in [5.41, 5.74) is 7.28. The van der Waals surface area contributed by atoms with E-state index >= 15 is 0 Å². The van der Waals surface area contributed by atoms with E-state index in [2.05, 4.69) is 66.9 Å². The standard InChI is InChI=1S/C30H32N2O2/c1-3-4-17-34-28-12-8-5-9-23(28)30-29-26(31-24-10-6-7-11-25(24)32-30)18-22(19-27(29)33)21-15-13-20(2)14-16-21/h5-16,22,30-32H,3-4,17-19H2,1-2H3/t22-,30-/m1/s1. The number of Topliss-reactive ketones (excluding diaryl/α,β-unsaturated/α-hetero) is 1. The third-order valence-electron chi connectivity index (χ3n) is 6.84. The van der Waals surface area contributed by atoms with Crippen LogP contribution in [0.3, 0.4) is 0 Å². The Labute approximate surface area is 202 Å². The predicted octanol–water partition coefficient (Wildman–Crippen LogP) is 7.15. The van der Waals surface area contributed by atoms with Crippen LogP contribution in [-0.2, 0) is 4.79 Å². The molecule has 3 aromatic rings. The Hall–Kier alpha value is -3.53. The minimum Gasteiger partial charge on any atom is -0.493 e. The van der Waals surface area contributed by atoms with E-state index in [4.69, 9.17) is 4.74 Å². The predicted molar refractivity (Wildman–Crippen MR) is 138 cm³/mol. The molecule has 0 unspecified atom stereocenters. The third kappa shape index (κ3) is 4.45. The topological polar surface area (TPSA) is 50.4 Å². The Kier molecular flexibility index (Phi) is 6.39. The van der Waals surface area contributed by atoms with Gasteiger partial charge in [0.05, 0.1) is 24.0 Å². The molecule has 3 aromatic carbocycles. The average Bonchev–Trinajstić information content (AvgIpc) is 3.02. The first-order chi connectivity index (χ1) is 16.6. The van der Waals surface area contributed by atoms with E-state index in [1.807, 2.05) is 30.3 Å². The van der Waals surface area contributed by atoms with Gasteiger partial charge in [0.2, 0.25) is 0 Å². The summed E-state index contributed by atoms with van der Waals surface area (Å²) in [6.45, 7) is 4.92. The fraction of sp³-hybridized carbons (Fsp3) is 0.300. The molecule has 174 valence electrons. The van der Waals surface area contributed by atoms with Crippen LogP contribution >= 0.6 is 0 Å². The number of unbranched alkanes of at least 4 members (excludes halogenated alkanes) is 1. The number of fused-ring (bicyclic) bond motifs is 1. The van der Waals surface area contributed by atoms with Crippen LogP contribution in [0, 0.1) is 6.92 Å². The highest BCUT2D eigenvalue weighted by molar-refractivity contribution is 6.01. The minimum absolute atomic E-state index is 0.168. The summed E-state index contributed by atoms with van der Waals surface area (Å²) in [6, 6.07) is 24.6. The van der Waals surface area contributed by atoms with Gasteiger partial charge < -0.3 is 15.4 Å². The summed E-state index contributed by atoms with van der Waals surface area (Å²) in [7, 11) is 0. The van der Waals surface area contributed by atoms with E-state index < -0.39 is 0 Å². The second kappa shape index (κ2) is 9.76. The van der Waals surface area contributed by atoms with E-state index in [1.54, 1.807) is 0 Å². The second-order valence-corrected chi connectivity index (χ2v) is 9.32. The maximum Gasteiger partial charge on any atom is 0.163 e. The van der Waals surface area contributed by atoms with Crippen molar-refractivity contribution in [3.8, 4) is 5.75 Å². The number of hydrogen-bond acceptors (Lipinski definition) is 4. The molecule has 0 spiro atoms. The van der Waals surface area contributed by atoms with Crippen molar-refractivity contribution in [1.29, 1.82) is 0 Å². The zero-order chi connectivity index (χ0) is 23.5. The largest absolute Gasteiger partial charge is 0.493 e. The van der Waals surface area contributed by atoms with E-state index in [1.165, 1.54) is 11.1 Å². The van der Waals surface area contributed by atoms with Crippen molar-refractivity contribution in [2.24, 2.45) is 0 Å². The summed E-state index contributed by atoms with van der Waals surface area (Å²) in [5.74, 6) is 1.20. The molecule has 0 saturated heterocycles. The zero-order valence-corrected chi connectivity index (χ0v) is 19.9. The van der Waals surface area contributed by atoms with Crippen LogP contribution in [0.2, 0.25) is 0 Å². The van der Waals surface area contributed by atoms with Gasteiger partial charge in [-0.25, -0.2) is 0 Å². The highest BCUT2D eigenvalue weighted by atomic mass is 16.5.